The number of fused-ring (bicyclic) bond motifs is 1. The van der Waals surface area contributed by atoms with E-state index in [-0.39, 0.29) is 6.04 Å². The Morgan fingerprint density at radius 3 is 3.07 bits per heavy atom. The van der Waals surface area contributed by atoms with Gasteiger partial charge in [-0.05, 0) is 42.6 Å². The van der Waals surface area contributed by atoms with Crippen LogP contribution in [0, 0.1) is 0 Å². The Balaban J connectivity index is 1.45. The van der Waals surface area contributed by atoms with Crippen molar-refractivity contribution in [2.75, 3.05) is 5.32 Å². The number of H-pyrrole nitrogens is 1. The molecule has 4 rings (SSSR count). The number of carbonyl (C=O) groups is 1. The molecule has 3 aromatic heterocycles. The molecule has 1 amide bonds. The summed E-state index contributed by atoms with van der Waals surface area (Å²) in [5, 5.41) is 17.1. The van der Waals surface area contributed by atoms with Gasteiger partial charge in [0.25, 0.3) is 0 Å². The Labute approximate surface area is 174 Å². The van der Waals surface area contributed by atoms with Crippen LogP contribution < -0.4 is 10.6 Å². The molecular weight excluding hydrogens is 445 g/mol. The summed E-state index contributed by atoms with van der Waals surface area (Å²) in [5.74, 6) is 0.674. The number of ether oxygens (including phenoxy) is 1. The molecule has 11 heteroatoms. The summed E-state index contributed by atoms with van der Waals surface area (Å²) in [5.41, 5.74) is 1.42. The molecule has 154 valence electrons. The topological polar surface area (TPSA) is 109 Å². The molecule has 1 fully saturated rings. The predicted molar refractivity (Wildman–Crippen MR) is 108 cm³/mol. The van der Waals surface area contributed by atoms with E-state index in [1.807, 2.05) is 13.8 Å². The first-order valence-corrected chi connectivity index (χ1v) is 10.1. The second-order valence-electron chi connectivity index (χ2n) is 7.27. The van der Waals surface area contributed by atoms with E-state index >= 15 is 0 Å². The van der Waals surface area contributed by atoms with Gasteiger partial charge in [-0.1, -0.05) is 0 Å². The van der Waals surface area contributed by atoms with E-state index in [9.17, 15) is 9.18 Å². The summed E-state index contributed by atoms with van der Waals surface area (Å²) < 4.78 is 22.6. The molecule has 3 atom stereocenters. The van der Waals surface area contributed by atoms with Crippen molar-refractivity contribution >= 4 is 39.2 Å². The lowest BCUT2D eigenvalue weighted by atomic mass is 10.0. The molecule has 0 unspecified atom stereocenters. The van der Waals surface area contributed by atoms with Crippen molar-refractivity contribution in [3.05, 3.63) is 34.8 Å². The number of halogens is 2. The number of aromatic nitrogens is 5. The molecule has 0 bridgehead atoms. The number of amides is 1. The molecule has 0 aromatic carbocycles. The molecule has 3 aromatic rings. The summed E-state index contributed by atoms with van der Waals surface area (Å²) in [7, 11) is 0. The highest BCUT2D eigenvalue weighted by atomic mass is 79.9. The fraction of sp³-hybridized carbons (Fsp3) is 0.444. The summed E-state index contributed by atoms with van der Waals surface area (Å²) in [6.07, 6.45) is 3.41. The normalized spacial score (nSPS) is 21.6. The molecule has 0 saturated heterocycles. The number of hydrogen-bond acceptors (Lipinski definition) is 6. The van der Waals surface area contributed by atoms with Gasteiger partial charge in [0, 0.05) is 36.1 Å². The molecule has 1 saturated carbocycles. The second kappa shape index (κ2) is 7.97. The summed E-state index contributed by atoms with van der Waals surface area (Å²) >= 11 is 3.45. The van der Waals surface area contributed by atoms with Crippen LogP contribution in [-0.4, -0.2) is 49.2 Å². The van der Waals surface area contributed by atoms with Gasteiger partial charge >= 0.3 is 6.09 Å². The number of alkyl halides is 1. The lowest BCUT2D eigenvalue weighted by molar-refractivity contribution is 0.0555. The van der Waals surface area contributed by atoms with Crippen LogP contribution in [0.2, 0.25) is 0 Å². The van der Waals surface area contributed by atoms with Crippen LogP contribution in [0.3, 0.4) is 0 Å². The molecule has 0 aliphatic heterocycles. The Kier molecular flexibility index (Phi) is 5.39. The first-order chi connectivity index (χ1) is 13.9. The Bertz CT molecular complexity index is 1020. The van der Waals surface area contributed by atoms with E-state index < -0.39 is 24.3 Å². The highest BCUT2D eigenvalue weighted by molar-refractivity contribution is 9.10. The molecule has 3 heterocycles. The number of nitrogens with one attached hydrogen (secondary N) is 3. The Hall–Kier alpha value is -2.69. The van der Waals surface area contributed by atoms with Crippen molar-refractivity contribution in [2.45, 2.75) is 50.9 Å². The van der Waals surface area contributed by atoms with Crippen molar-refractivity contribution in [2.24, 2.45) is 0 Å². The zero-order valence-electron chi connectivity index (χ0n) is 15.9. The number of rotatable bonds is 5. The molecular formula is C18H21BrFN7O2. The average Bonchev–Trinajstić information content (AvgIpc) is 3.36. The van der Waals surface area contributed by atoms with Gasteiger partial charge in [-0.2, -0.15) is 10.2 Å². The van der Waals surface area contributed by atoms with E-state index in [4.69, 9.17) is 4.74 Å². The van der Waals surface area contributed by atoms with Gasteiger partial charge in [-0.3, -0.25) is 5.10 Å². The zero-order valence-corrected chi connectivity index (χ0v) is 17.5. The second-order valence-corrected chi connectivity index (χ2v) is 8.12. The van der Waals surface area contributed by atoms with Gasteiger partial charge < -0.3 is 15.4 Å². The van der Waals surface area contributed by atoms with E-state index in [0.29, 0.717) is 30.2 Å². The fourth-order valence-electron chi connectivity index (χ4n) is 3.49. The smallest absolute Gasteiger partial charge is 0.407 e. The minimum Gasteiger partial charge on any atom is -0.443 e. The molecule has 1 aliphatic rings. The van der Waals surface area contributed by atoms with Crippen molar-refractivity contribution in [3.8, 4) is 0 Å². The third kappa shape index (κ3) is 4.04. The number of hydrogen-bond donors (Lipinski definition) is 3. The van der Waals surface area contributed by atoms with Gasteiger partial charge in [0.05, 0.1) is 10.7 Å². The van der Waals surface area contributed by atoms with Crippen LogP contribution >= 0.6 is 15.9 Å². The fourth-order valence-corrected chi connectivity index (χ4v) is 3.95. The van der Waals surface area contributed by atoms with E-state index in [1.54, 1.807) is 29.2 Å². The standard InChI is InChI=1S/C18H21BrFN7O2/c1-9(2)23-18(28)29-13-4-3-10(15(13)20)12-7-14(26-25-12)24-17-16-11(19)8-22-27(16)6-5-21-17/h5-10,13,15H,3-4H2,1-2H3,(H,23,28)(H2,21,24,25,26)/t10-,13-,15-/m1/s1. The number of carbonyl (C=O) groups excluding carboxylic acids is 1. The van der Waals surface area contributed by atoms with Gasteiger partial charge in [-0.25, -0.2) is 18.7 Å². The first-order valence-electron chi connectivity index (χ1n) is 9.33. The minimum atomic E-state index is -1.30. The number of aromatic amines is 1. The lowest BCUT2D eigenvalue weighted by Crippen LogP contribution is -2.36. The minimum absolute atomic E-state index is 0.0621. The average molecular weight is 466 g/mol. The van der Waals surface area contributed by atoms with Gasteiger partial charge in [-0.15, -0.1) is 0 Å². The summed E-state index contributed by atoms with van der Waals surface area (Å²) in [6, 6.07) is 1.69. The predicted octanol–water partition coefficient (Wildman–Crippen LogP) is 3.68. The number of nitrogens with zero attached hydrogens (tertiary/aromatic N) is 4. The third-order valence-electron chi connectivity index (χ3n) is 4.80. The van der Waals surface area contributed by atoms with E-state index in [0.717, 1.165) is 9.99 Å². The number of alkyl carbamates (subject to hydrolysis) is 1. The van der Waals surface area contributed by atoms with Crippen molar-refractivity contribution in [3.63, 3.8) is 0 Å². The maximum atomic E-state index is 14.9. The number of anilines is 2. The molecule has 9 nitrogen and oxygen atoms in total. The molecule has 0 radical (unpaired) electrons. The molecule has 29 heavy (non-hydrogen) atoms. The molecule has 3 N–H and O–H groups in total. The first kappa shape index (κ1) is 19.6. The van der Waals surface area contributed by atoms with Crippen LogP contribution in [0.4, 0.5) is 20.8 Å². The SMILES string of the molecule is CC(C)NC(=O)O[C@@H]1CC[C@H](c2cc(Nc3nccn4ncc(Br)c34)n[nH]2)[C@H]1F. The van der Waals surface area contributed by atoms with Gasteiger partial charge in [0.2, 0.25) is 0 Å². The van der Waals surface area contributed by atoms with E-state index in [1.165, 1.54) is 0 Å². The Morgan fingerprint density at radius 1 is 1.45 bits per heavy atom. The molecule has 0 spiro atoms. The highest BCUT2D eigenvalue weighted by Gasteiger charge is 2.40. The maximum Gasteiger partial charge on any atom is 0.407 e. The monoisotopic (exact) mass is 465 g/mol. The van der Waals surface area contributed by atoms with Crippen LogP contribution in [0.1, 0.15) is 38.3 Å². The maximum absolute atomic E-state index is 14.9. The van der Waals surface area contributed by atoms with Gasteiger partial charge in [0.15, 0.2) is 11.6 Å². The van der Waals surface area contributed by atoms with Crippen LogP contribution in [-0.2, 0) is 4.74 Å². The van der Waals surface area contributed by atoms with Crippen LogP contribution in [0.5, 0.6) is 0 Å². The third-order valence-corrected chi connectivity index (χ3v) is 5.38. The zero-order chi connectivity index (χ0) is 20.5. The van der Waals surface area contributed by atoms with Gasteiger partial charge in [0.1, 0.15) is 17.8 Å². The van der Waals surface area contributed by atoms with Crippen LogP contribution in [0.15, 0.2) is 29.1 Å². The summed E-state index contributed by atoms with van der Waals surface area (Å²) in [4.78, 5) is 16.1. The van der Waals surface area contributed by atoms with Crippen LogP contribution in [0.25, 0.3) is 5.52 Å². The quantitative estimate of drug-likeness (QED) is 0.530. The summed E-state index contributed by atoms with van der Waals surface area (Å²) in [6.45, 7) is 3.64. The van der Waals surface area contributed by atoms with Crippen molar-refractivity contribution < 1.29 is 13.9 Å². The Morgan fingerprint density at radius 2 is 2.28 bits per heavy atom. The van der Waals surface area contributed by atoms with Crippen molar-refractivity contribution in [1.82, 2.24) is 30.1 Å². The van der Waals surface area contributed by atoms with Crippen molar-refractivity contribution in [1.29, 1.82) is 0 Å². The lowest BCUT2D eigenvalue weighted by Gasteiger charge is -2.18. The largest absolute Gasteiger partial charge is 0.443 e. The molecule has 1 aliphatic carbocycles. The highest BCUT2D eigenvalue weighted by Crippen LogP contribution is 2.38. The van der Waals surface area contributed by atoms with E-state index in [2.05, 4.69) is 46.8 Å².